The lowest BCUT2D eigenvalue weighted by atomic mass is 10.0. The molecule has 0 saturated heterocycles. The molecule has 17 heavy (non-hydrogen) atoms. The van der Waals surface area contributed by atoms with Gasteiger partial charge in [0.25, 0.3) is 0 Å². The molecule has 0 saturated carbocycles. The van der Waals surface area contributed by atoms with E-state index >= 15 is 0 Å². The fourth-order valence-electron chi connectivity index (χ4n) is 1.74. The number of hydrogen-bond acceptors (Lipinski definition) is 2. The first-order valence-corrected chi connectivity index (χ1v) is 5.50. The van der Waals surface area contributed by atoms with E-state index in [0.717, 1.165) is 16.6 Å². The first-order valence-electron chi connectivity index (χ1n) is 5.50. The predicted octanol–water partition coefficient (Wildman–Crippen LogP) is 1.51. The van der Waals surface area contributed by atoms with Gasteiger partial charge in [-0.3, -0.25) is 4.79 Å². The quantitative estimate of drug-likeness (QED) is 0.749. The topological polar surface area (TPSA) is 86.0 Å². The maximum Gasteiger partial charge on any atom is 0.323 e. The van der Waals surface area contributed by atoms with Crippen LogP contribution in [0, 0.1) is 5.92 Å². The standard InChI is InChI=1S/C12H14N2O3/c1-7(11(15)16)2-3-8-4-5-9-10(6-8)14-12(17)13-9/h4-7H,2-3H2,1H3,(H,15,16)(H2,13,14,17). The van der Waals surface area contributed by atoms with E-state index in [0.29, 0.717) is 12.8 Å². The number of aliphatic carboxylic acids is 1. The Kier molecular flexibility index (Phi) is 2.99. The average Bonchev–Trinajstić information content (AvgIpc) is 2.64. The molecule has 1 atom stereocenters. The van der Waals surface area contributed by atoms with E-state index in [-0.39, 0.29) is 11.6 Å². The van der Waals surface area contributed by atoms with Gasteiger partial charge in [0.05, 0.1) is 17.0 Å². The summed E-state index contributed by atoms with van der Waals surface area (Å²) in [6.45, 7) is 1.69. The molecule has 0 aliphatic heterocycles. The van der Waals surface area contributed by atoms with Crippen molar-refractivity contribution in [3.63, 3.8) is 0 Å². The molecule has 1 aromatic heterocycles. The van der Waals surface area contributed by atoms with Crippen LogP contribution in [0.15, 0.2) is 23.0 Å². The highest BCUT2D eigenvalue weighted by atomic mass is 16.4. The fraction of sp³-hybridized carbons (Fsp3) is 0.333. The van der Waals surface area contributed by atoms with Gasteiger partial charge < -0.3 is 15.1 Å². The number of hydrogen-bond donors (Lipinski definition) is 3. The Bertz CT molecular complexity index is 597. The van der Waals surface area contributed by atoms with Crippen LogP contribution in [-0.2, 0) is 11.2 Å². The molecule has 0 fully saturated rings. The molecule has 2 aromatic rings. The van der Waals surface area contributed by atoms with E-state index in [2.05, 4.69) is 9.97 Å². The largest absolute Gasteiger partial charge is 0.481 e. The number of aromatic amines is 2. The minimum absolute atomic E-state index is 0.226. The third-order valence-corrected chi connectivity index (χ3v) is 2.87. The summed E-state index contributed by atoms with van der Waals surface area (Å²) in [6.07, 6.45) is 1.28. The number of aryl methyl sites for hydroxylation is 1. The van der Waals surface area contributed by atoms with Gasteiger partial charge in [0.15, 0.2) is 0 Å². The molecule has 5 nitrogen and oxygen atoms in total. The van der Waals surface area contributed by atoms with Crippen LogP contribution in [0.3, 0.4) is 0 Å². The Morgan fingerprint density at radius 1 is 1.35 bits per heavy atom. The van der Waals surface area contributed by atoms with E-state index in [9.17, 15) is 9.59 Å². The summed E-state index contributed by atoms with van der Waals surface area (Å²) >= 11 is 0. The van der Waals surface area contributed by atoms with Crippen LogP contribution in [0.4, 0.5) is 0 Å². The highest BCUT2D eigenvalue weighted by Gasteiger charge is 2.10. The molecule has 1 heterocycles. The van der Waals surface area contributed by atoms with Crippen LogP contribution >= 0.6 is 0 Å². The third kappa shape index (κ3) is 2.55. The number of imidazole rings is 1. The Labute approximate surface area is 97.5 Å². The van der Waals surface area contributed by atoms with Crippen LogP contribution in [0.1, 0.15) is 18.9 Å². The summed E-state index contributed by atoms with van der Waals surface area (Å²) in [5.74, 6) is -1.13. The summed E-state index contributed by atoms with van der Waals surface area (Å²) in [7, 11) is 0. The van der Waals surface area contributed by atoms with E-state index < -0.39 is 5.97 Å². The molecule has 90 valence electrons. The number of fused-ring (bicyclic) bond motifs is 1. The van der Waals surface area contributed by atoms with Crippen molar-refractivity contribution in [3.8, 4) is 0 Å². The molecule has 0 amide bonds. The highest BCUT2D eigenvalue weighted by molar-refractivity contribution is 5.75. The summed E-state index contributed by atoms with van der Waals surface area (Å²) in [5, 5.41) is 8.78. The summed E-state index contributed by atoms with van der Waals surface area (Å²) in [4.78, 5) is 27.1. The van der Waals surface area contributed by atoms with Crippen molar-refractivity contribution in [2.45, 2.75) is 19.8 Å². The van der Waals surface area contributed by atoms with E-state index in [1.54, 1.807) is 6.92 Å². The van der Waals surface area contributed by atoms with Gasteiger partial charge in [-0.1, -0.05) is 13.0 Å². The zero-order chi connectivity index (χ0) is 12.4. The number of carboxylic acid groups (broad SMARTS) is 1. The maximum absolute atomic E-state index is 11.1. The molecule has 0 bridgehead atoms. The van der Waals surface area contributed by atoms with Gasteiger partial charge in [0, 0.05) is 0 Å². The minimum Gasteiger partial charge on any atom is -0.481 e. The Hall–Kier alpha value is -2.04. The van der Waals surface area contributed by atoms with E-state index in [4.69, 9.17) is 5.11 Å². The van der Waals surface area contributed by atoms with Crippen LogP contribution in [0.25, 0.3) is 11.0 Å². The normalized spacial score (nSPS) is 12.8. The van der Waals surface area contributed by atoms with Crippen molar-refractivity contribution >= 4 is 17.0 Å². The van der Waals surface area contributed by atoms with Crippen molar-refractivity contribution in [3.05, 3.63) is 34.2 Å². The first-order chi connectivity index (χ1) is 8.06. The molecule has 5 heteroatoms. The van der Waals surface area contributed by atoms with Crippen LogP contribution in [-0.4, -0.2) is 21.0 Å². The monoisotopic (exact) mass is 234 g/mol. The second kappa shape index (κ2) is 4.45. The SMILES string of the molecule is CC(CCc1ccc2[nH]c(=O)[nH]c2c1)C(=O)O. The molecule has 3 N–H and O–H groups in total. The molecular formula is C12H14N2O3. The molecule has 1 unspecified atom stereocenters. The van der Waals surface area contributed by atoms with Gasteiger partial charge >= 0.3 is 11.7 Å². The van der Waals surface area contributed by atoms with Crippen LogP contribution in [0.2, 0.25) is 0 Å². The predicted molar refractivity (Wildman–Crippen MR) is 64.0 cm³/mol. The Balaban J connectivity index is 2.14. The summed E-state index contributed by atoms with van der Waals surface area (Å²) in [6, 6.07) is 5.61. The maximum atomic E-state index is 11.1. The Morgan fingerprint density at radius 2 is 2.06 bits per heavy atom. The van der Waals surface area contributed by atoms with Gasteiger partial charge in [-0.25, -0.2) is 4.79 Å². The van der Waals surface area contributed by atoms with E-state index in [1.807, 2.05) is 18.2 Å². The highest BCUT2D eigenvalue weighted by Crippen LogP contribution is 2.14. The van der Waals surface area contributed by atoms with Gasteiger partial charge in [-0.15, -0.1) is 0 Å². The van der Waals surface area contributed by atoms with Crippen LogP contribution < -0.4 is 5.69 Å². The molecule has 0 spiro atoms. The van der Waals surface area contributed by atoms with Gasteiger partial charge in [-0.05, 0) is 30.5 Å². The zero-order valence-electron chi connectivity index (χ0n) is 9.49. The van der Waals surface area contributed by atoms with Crippen molar-refractivity contribution in [1.82, 2.24) is 9.97 Å². The van der Waals surface area contributed by atoms with Gasteiger partial charge in [-0.2, -0.15) is 0 Å². The van der Waals surface area contributed by atoms with Gasteiger partial charge in [0.2, 0.25) is 0 Å². The van der Waals surface area contributed by atoms with E-state index in [1.165, 1.54) is 0 Å². The lowest BCUT2D eigenvalue weighted by molar-refractivity contribution is -0.141. The van der Waals surface area contributed by atoms with Crippen LogP contribution in [0.5, 0.6) is 0 Å². The van der Waals surface area contributed by atoms with Crippen molar-refractivity contribution < 1.29 is 9.90 Å². The van der Waals surface area contributed by atoms with Crippen molar-refractivity contribution in [1.29, 1.82) is 0 Å². The molecule has 2 rings (SSSR count). The number of carboxylic acids is 1. The number of carbonyl (C=O) groups is 1. The number of H-pyrrole nitrogens is 2. The second-order valence-corrected chi connectivity index (χ2v) is 4.24. The number of aromatic nitrogens is 2. The molecule has 0 aliphatic carbocycles. The number of rotatable bonds is 4. The smallest absolute Gasteiger partial charge is 0.323 e. The zero-order valence-corrected chi connectivity index (χ0v) is 9.49. The average molecular weight is 234 g/mol. The lowest BCUT2D eigenvalue weighted by Crippen LogP contribution is -2.10. The number of nitrogens with one attached hydrogen (secondary N) is 2. The van der Waals surface area contributed by atoms with Crippen molar-refractivity contribution in [2.75, 3.05) is 0 Å². The van der Waals surface area contributed by atoms with Gasteiger partial charge in [0.1, 0.15) is 0 Å². The molecule has 1 aromatic carbocycles. The lowest BCUT2D eigenvalue weighted by Gasteiger charge is -2.05. The second-order valence-electron chi connectivity index (χ2n) is 4.24. The summed E-state index contributed by atoms with van der Waals surface area (Å²) < 4.78 is 0. The van der Waals surface area contributed by atoms with Crippen molar-refractivity contribution in [2.24, 2.45) is 5.92 Å². The molecular weight excluding hydrogens is 220 g/mol. The number of benzene rings is 1. The fourth-order valence-corrected chi connectivity index (χ4v) is 1.74. The molecule has 0 radical (unpaired) electrons. The first kappa shape index (κ1) is 11.4. The molecule has 0 aliphatic rings. The third-order valence-electron chi connectivity index (χ3n) is 2.87. The Morgan fingerprint density at radius 3 is 2.76 bits per heavy atom. The summed E-state index contributed by atoms with van der Waals surface area (Å²) in [5.41, 5.74) is 2.33. The minimum atomic E-state index is -0.777.